The van der Waals surface area contributed by atoms with Gasteiger partial charge in [-0.15, -0.1) is 5.10 Å². The SMILES string of the molecule is O=C(c1nsc(Cl)c1Cl)n1nnc2ccccc21. The van der Waals surface area contributed by atoms with Crippen LogP contribution in [0.2, 0.25) is 9.36 Å². The molecule has 0 aliphatic heterocycles. The highest BCUT2D eigenvalue weighted by molar-refractivity contribution is 7.11. The molecule has 3 aromatic rings. The van der Waals surface area contributed by atoms with Gasteiger partial charge in [0.1, 0.15) is 14.9 Å². The fraction of sp³-hybridized carbons (Fsp3) is 0. The molecule has 0 aliphatic rings. The maximum Gasteiger partial charge on any atom is 0.301 e. The van der Waals surface area contributed by atoms with Crippen molar-refractivity contribution in [1.29, 1.82) is 0 Å². The van der Waals surface area contributed by atoms with Crippen molar-refractivity contribution in [3.05, 3.63) is 39.3 Å². The number of benzene rings is 1. The van der Waals surface area contributed by atoms with Gasteiger partial charge in [-0.1, -0.05) is 40.5 Å². The van der Waals surface area contributed by atoms with Crippen LogP contribution in [0.1, 0.15) is 10.5 Å². The Labute approximate surface area is 115 Å². The van der Waals surface area contributed by atoms with Gasteiger partial charge in [-0.25, -0.2) is 0 Å². The molecule has 0 unspecified atom stereocenters. The molecule has 90 valence electrons. The van der Waals surface area contributed by atoms with Gasteiger partial charge in [-0.05, 0) is 23.7 Å². The van der Waals surface area contributed by atoms with Crippen LogP contribution in [0.15, 0.2) is 24.3 Å². The van der Waals surface area contributed by atoms with Crippen molar-refractivity contribution in [2.75, 3.05) is 0 Å². The van der Waals surface area contributed by atoms with Crippen molar-refractivity contribution in [2.45, 2.75) is 0 Å². The van der Waals surface area contributed by atoms with Crippen molar-refractivity contribution in [2.24, 2.45) is 0 Å². The zero-order valence-electron chi connectivity index (χ0n) is 8.67. The highest BCUT2D eigenvalue weighted by atomic mass is 35.5. The second-order valence-electron chi connectivity index (χ2n) is 3.41. The van der Waals surface area contributed by atoms with E-state index < -0.39 is 5.91 Å². The molecule has 1 aromatic carbocycles. The Bertz CT molecular complexity index is 751. The zero-order chi connectivity index (χ0) is 12.7. The third-order valence-electron chi connectivity index (χ3n) is 2.34. The number of carbonyl (C=O) groups is 1. The third-order valence-corrected chi connectivity index (χ3v) is 3.96. The van der Waals surface area contributed by atoms with Gasteiger partial charge in [-0.3, -0.25) is 4.79 Å². The number of halogens is 2. The second kappa shape index (κ2) is 4.31. The number of aromatic nitrogens is 4. The zero-order valence-corrected chi connectivity index (χ0v) is 11.0. The summed E-state index contributed by atoms with van der Waals surface area (Å²) in [5.74, 6) is -0.447. The molecule has 8 heteroatoms. The van der Waals surface area contributed by atoms with Gasteiger partial charge in [0.05, 0.1) is 5.52 Å². The van der Waals surface area contributed by atoms with Gasteiger partial charge in [0.25, 0.3) is 0 Å². The normalized spacial score (nSPS) is 11.0. The Kier molecular flexibility index (Phi) is 2.77. The van der Waals surface area contributed by atoms with Crippen molar-refractivity contribution in [1.82, 2.24) is 19.4 Å². The molecule has 2 aromatic heterocycles. The molecule has 0 N–H and O–H groups in total. The van der Waals surface area contributed by atoms with Crippen LogP contribution >= 0.6 is 34.7 Å². The highest BCUT2D eigenvalue weighted by Gasteiger charge is 2.21. The molecule has 0 spiro atoms. The molecular formula is C10H4Cl2N4OS. The minimum Gasteiger partial charge on any atom is -0.265 e. The molecular weight excluding hydrogens is 295 g/mol. The number of nitrogens with zero attached hydrogens (tertiary/aromatic N) is 4. The molecule has 5 nitrogen and oxygen atoms in total. The quantitative estimate of drug-likeness (QED) is 0.693. The van der Waals surface area contributed by atoms with Gasteiger partial charge < -0.3 is 0 Å². The molecule has 0 aliphatic carbocycles. The number of fused-ring (bicyclic) bond motifs is 1. The summed E-state index contributed by atoms with van der Waals surface area (Å²) in [7, 11) is 0. The molecule has 0 saturated heterocycles. The largest absolute Gasteiger partial charge is 0.301 e. The summed E-state index contributed by atoms with van der Waals surface area (Å²) in [6.07, 6.45) is 0. The molecule has 0 saturated carbocycles. The first kappa shape index (κ1) is 11.6. The van der Waals surface area contributed by atoms with Crippen molar-refractivity contribution < 1.29 is 4.79 Å². The average Bonchev–Trinajstić information content (AvgIpc) is 2.94. The van der Waals surface area contributed by atoms with Gasteiger partial charge in [0.2, 0.25) is 0 Å². The summed E-state index contributed by atoms with van der Waals surface area (Å²) in [5, 5.41) is 7.84. The van der Waals surface area contributed by atoms with Crippen LogP contribution < -0.4 is 0 Å². The van der Waals surface area contributed by atoms with Crippen molar-refractivity contribution in [3.8, 4) is 0 Å². The van der Waals surface area contributed by atoms with Crippen LogP contribution in [0, 0.1) is 0 Å². The Balaban J connectivity index is 2.15. The summed E-state index contributed by atoms with van der Waals surface area (Å²) in [6, 6.07) is 7.13. The van der Waals surface area contributed by atoms with Crippen LogP contribution in [-0.2, 0) is 0 Å². The fourth-order valence-corrected chi connectivity index (χ4v) is 2.50. The standard InChI is InChI=1S/C10H4Cl2N4OS/c11-7-8(14-18-9(7)12)10(17)16-6-4-2-1-3-5(6)13-15-16/h1-4H. The number of para-hydroxylation sites is 1. The molecule has 18 heavy (non-hydrogen) atoms. The van der Waals surface area contributed by atoms with E-state index in [1.165, 1.54) is 0 Å². The molecule has 0 amide bonds. The van der Waals surface area contributed by atoms with Crippen LogP contribution in [0.25, 0.3) is 11.0 Å². The van der Waals surface area contributed by atoms with Crippen molar-refractivity contribution in [3.63, 3.8) is 0 Å². The van der Waals surface area contributed by atoms with Crippen LogP contribution in [0.5, 0.6) is 0 Å². The van der Waals surface area contributed by atoms with E-state index in [0.29, 0.717) is 11.0 Å². The maximum atomic E-state index is 12.2. The van der Waals surface area contributed by atoms with E-state index in [-0.39, 0.29) is 15.1 Å². The lowest BCUT2D eigenvalue weighted by molar-refractivity contribution is 0.0944. The van der Waals surface area contributed by atoms with Crippen LogP contribution in [-0.4, -0.2) is 25.3 Å². The Morgan fingerprint density at radius 3 is 2.78 bits per heavy atom. The smallest absolute Gasteiger partial charge is 0.265 e. The monoisotopic (exact) mass is 298 g/mol. The van der Waals surface area contributed by atoms with Crippen LogP contribution in [0.3, 0.4) is 0 Å². The molecule has 0 atom stereocenters. The summed E-state index contributed by atoms with van der Waals surface area (Å²) >= 11 is 12.6. The predicted molar refractivity (Wildman–Crippen MR) is 69.4 cm³/mol. The molecule has 0 radical (unpaired) electrons. The molecule has 0 fully saturated rings. The van der Waals surface area contributed by atoms with Gasteiger partial charge in [0, 0.05) is 0 Å². The second-order valence-corrected chi connectivity index (χ2v) is 5.17. The lowest BCUT2D eigenvalue weighted by Gasteiger charge is -1.97. The van der Waals surface area contributed by atoms with E-state index in [9.17, 15) is 4.79 Å². The van der Waals surface area contributed by atoms with E-state index in [0.717, 1.165) is 16.2 Å². The fourth-order valence-electron chi connectivity index (χ4n) is 1.51. The first-order valence-corrected chi connectivity index (χ1v) is 6.37. The van der Waals surface area contributed by atoms with Crippen LogP contribution in [0.4, 0.5) is 0 Å². The van der Waals surface area contributed by atoms with Gasteiger partial charge in [0.15, 0.2) is 5.69 Å². The minimum absolute atomic E-state index is 0.0855. The molecule has 2 heterocycles. The first-order valence-electron chi connectivity index (χ1n) is 4.84. The van der Waals surface area contributed by atoms with E-state index in [1.807, 2.05) is 6.07 Å². The Hall–Kier alpha value is -1.50. The lowest BCUT2D eigenvalue weighted by Crippen LogP contribution is -2.14. The predicted octanol–water partition coefficient (Wildman–Crippen LogP) is 2.88. The maximum absolute atomic E-state index is 12.2. The van der Waals surface area contributed by atoms with Crippen molar-refractivity contribution >= 4 is 51.7 Å². The third kappa shape index (κ3) is 1.69. The van der Waals surface area contributed by atoms with E-state index in [1.54, 1.807) is 18.2 Å². The number of hydrogen-bond acceptors (Lipinski definition) is 5. The summed E-state index contributed by atoms with van der Waals surface area (Å²) in [5.41, 5.74) is 1.31. The van der Waals surface area contributed by atoms with E-state index in [4.69, 9.17) is 23.2 Å². The van der Waals surface area contributed by atoms with E-state index in [2.05, 4.69) is 14.7 Å². The van der Waals surface area contributed by atoms with Gasteiger partial charge >= 0.3 is 5.91 Å². The first-order chi connectivity index (χ1) is 8.68. The minimum atomic E-state index is -0.447. The summed E-state index contributed by atoms with van der Waals surface area (Å²) < 4.78 is 5.36. The summed E-state index contributed by atoms with van der Waals surface area (Å²) in [4.78, 5) is 12.2. The number of rotatable bonds is 1. The Morgan fingerprint density at radius 1 is 1.28 bits per heavy atom. The summed E-state index contributed by atoms with van der Waals surface area (Å²) in [6.45, 7) is 0. The molecule has 3 rings (SSSR count). The van der Waals surface area contributed by atoms with Gasteiger partial charge in [-0.2, -0.15) is 9.06 Å². The Morgan fingerprint density at radius 2 is 2.06 bits per heavy atom. The lowest BCUT2D eigenvalue weighted by atomic mass is 10.3. The average molecular weight is 299 g/mol. The topological polar surface area (TPSA) is 60.7 Å². The molecule has 0 bridgehead atoms. The van der Waals surface area contributed by atoms with E-state index >= 15 is 0 Å². The number of carbonyl (C=O) groups excluding carboxylic acids is 1. The number of hydrogen-bond donors (Lipinski definition) is 0. The highest BCUT2D eigenvalue weighted by Crippen LogP contribution is 2.30.